The lowest BCUT2D eigenvalue weighted by Gasteiger charge is -2.32. The molecule has 0 saturated carbocycles. The molecule has 1 fully saturated rings. The van der Waals surface area contributed by atoms with Gasteiger partial charge in [-0.3, -0.25) is 0 Å². The van der Waals surface area contributed by atoms with Crippen molar-refractivity contribution in [2.45, 2.75) is 25.9 Å². The van der Waals surface area contributed by atoms with Crippen LogP contribution in [0.4, 0.5) is 19.0 Å². The van der Waals surface area contributed by atoms with Crippen molar-refractivity contribution in [2.24, 2.45) is 0 Å². The van der Waals surface area contributed by atoms with Crippen molar-refractivity contribution in [1.82, 2.24) is 4.98 Å². The van der Waals surface area contributed by atoms with Crippen LogP contribution in [0.15, 0.2) is 6.07 Å². The van der Waals surface area contributed by atoms with E-state index in [2.05, 4.69) is 4.98 Å². The quantitative estimate of drug-likeness (QED) is 0.781. The molecule has 1 aliphatic heterocycles. The van der Waals surface area contributed by atoms with Gasteiger partial charge in [-0.1, -0.05) is 0 Å². The second-order valence-electron chi connectivity index (χ2n) is 4.21. The fourth-order valence-electron chi connectivity index (χ4n) is 2.13. The van der Waals surface area contributed by atoms with E-state index in [1.54, 1.807) is 4.90 Å². The summed E-state index contributed by atoms with van der Waals surface area (Å²) < 4.78 is 44.8. The van der Waals surface area contributed by atoms with E-state index in [1.807, 2.05) is 6.92 Å². The van der Waals surface area contributed by atoms with Gasteiger partial charge in [0.25, 0.3) is 5.95 Å². The Morgan fingerprint density at radius 2 is 1.94 bits per heavy atom. The Hall–Kier alpha value is -1.30. The fourth-order valence-corrected chi connectivity index (χ4v) is 2.13. The molecule has 0 aromatic carbocycles. The molecule has 1 aromatic heterocycles. The predicted octanol–water partition coefficient (Wildman–Crippen LogP) is 2.50. The summed E-state index contributed by atoms with van der Waals surface area (Å²) in [5, 5.41) is 0. The van der Waals surface area contributed by atoms with Gasteiger partial charge in [-0.25, -0.2) is 8.78 Å². The molecule has 1 saturated heterocycles. The SMILES string of the molecule is CCOC1CCN(c2nc(F)c(F)cc2F)CC1. The molecule has 6 heteroatoms. The number of nitrogens with zero attached hydrogens (tertiary/aromatic N) is 2. The normalized spacial score (nSPS) is 17.2. The molecule has 0 N–H and O–H groups in total. The average molecular weight is 260 g/mol. The first-order chi connectivity index (χ1) is 8.61. The van der Waals surface area contributed by atoms with Gasteiger partial charge in [0.05, 0.1) is 6.10 Å². The first kappa shape index (κ1) is 13.1. The Bertz CT molecular complexity index is 420. The molecule has 0 bridgehead atoms. The third-order valence-electron chi connectivity index (χ3n) is 3.01. The van der Waals surface area contributed by atoms with Crippen LogP contribution in [0.2, 0.25) is 0 Å². The van der Waals surface area contributed by atoms with Gasteiger partial charge in [0.2, 0.25) is 0 Å². The molecule has 100 valence electrons. The molecule has 0 amide bonds. The highest BCUT2D eigenvalue weighted by Crippen LogP contribution is 2.23. The maximum absolute atomic E-state index is 13.5. The van der Waals surface area contributed by atoms with E-state index < -0.39 is 17.6 Å². The van der Waals surface area contributed by atoms with Crippen LogP contribution in [0.25, 0.3) is 0 Å². The molecule has 2 heterocycles. The summed E-state index contributed by atoms with van der Waals surface area (Å²) in [6, 6.07) is 0.534. The van der Waals surface area contributed by atoms with Crippen molar-refractivity contribution >= 4 is 5.82 Å². The molecule has 1 aliphatic rings. The van der Waals surface area contributed by atoms with Crippen LogP contribution < -0.4 is 4.90 Å². The van der Waals surface area contributed by atoms with E-state index in [-0.39, 0.29) is 11.9 Å². The van der Waals surface area contributed by atoms with E-state index in [1.165, 1.54) is 0 Å². The molecule has 0 radical (unpaired) electrons. The van der Waals surface area contributed by atoms with Crippen LogP contribution in [0.5, 0.6) is 0 Å². The second kappa shape index (κ2) is 5.56. The third-order valence-corrected chi connectivity index (χ3v) is 3.01. The lowest BCUT2D eigenvalue weighted by Crippen LogP contribution is -2.38. The maximum Gasteiger partial charge on any atom is 0.251 e. The van der Waals surface area contributed by atoms with Gasteiger partial charge >= 0.3 is 0 Å². The number of aromatic nitrogens is 1. The average Bonchev–Trinajstić information content (AvgIpc) is 2.35. The van der Waals surface area contributed by atoms with Crippen molar-refractivity contribution < 1.29 is 17.9 Å². The third kappa shape index (κ3) is 2.75. The van der Waals surface area contributed by atoms with Gasteiger partial charge in [0, 0.05) is 25.8 Å². The molecule has 0 spiro atoms. The highest BCUT2D eigenvalue weighted by atomic mass is 19.2. The van der Waals surface area contributed by atoms with Crippen LogP contribution in [0, 0.1) is 17.6 Å². The summed E-state index contributed by atoms with van der Waals surface area (Å²) in [5.74, 6) is -3.48. The Morgan fingerprint density at radius 3 is 2.56 bits per heavy atom. The number of halogens is 3. The summed E-state index contributed by atoms with van der Waals surface area (Å²) in [7, 11) is 0. The lowest BCUT2D eigenvalue weighted by molar-refractivity contribution is 0.0457. The van der Waals surface area contributed by atoms with Gasteiger partial charge < -0.3 is 9.64 Å². The highest BCUT2D eigenvalue weighted by molar-refractivity contribution is 5.40. The van der Waals surface area contributed by atoms with E-state index >= 15 is 0 Å². The van der Waals surface area contributed by atoms with Crippen molar-refractivity contribution in [2.75, 3.05) is 24.6 Å². The van der Waals surface area contributed by atoms with Crippen molar-refractivity contribution in [3.8, 4) is 0 Å². The smallest absolute Gasteiger partial charge is 0.251 e. The van der Waals surface area contributed by atoms with Gasteiger partial charge in [-0.15, -0.1) is 0 Å². The summed E-state index contributed by atoms with van der Waals surface area (Å²) in [6.45, 7) is 3.62. The number of hydrogen-bond acceptors (Lipinski definition) is 3. The maximum atomic E-state index is 13.5. The molecule has 1 aromatic rings. The van der Waals surface area contributed by atoms with Gasteiger partial charge in [0.15, 0.2) is 17.5 Å². The van der Waals surface area contributed by atoms with E-state index in [4.69, 9.17) is 4.74 Å². The molecular weight excluding hydrogens is 245 g/mol. The molecular formula is C12H15F3N2O. The standard InChI is InChI=1S/C12H15F3N2O/c1-2-18-8-3-5-17(6-4-8)12-10(14)7-9(13)11(15)16-12/h7-8H,2-6H2,1H3. The highest BCUT2D eigenvalue weighted by Gasteiger charge is 2.23. The summed E-state index contributed by atoms with van der Waals surface area (Å²) >= 11 is 0. The molecule has 0 aliphatic carbocycles. The lowest BCUT2D eigenvalue weighted by atomic mass is 10.1. The first-order valence-electron chi connectivity index (χ1n) is 6.00. The molecule has 0 atom stereocenters. The second-order valence-corrected chi connectivity index (χ2v) is 4.21. The van der Waals surface area contributed by atoms with Crippen LogP contribution in [-0.2, 0) is 4.74 Å². The predicted molar refractivity (Wildman–Crippen MR) is 61.0 cm³/mol. The fraction of sp³-hybridized carbons (Fsp3) is 0.583. The van der Waals surface area contributed by atoms with E-state index in [0.29, 0.717) is 25.8 Å². The van der Waals surface area contributed by atoms with Gasteiger partial charge in [0.1, 0.15) is 0 Å². The van der Waals surface area contributed by atoms with Crippen LogP contribution in [0.1, 0.15) is 19.8 Å². The van der Waals surface area contributed by atoms with Crippen molar-refractivity contribution in [3.05, 3.63) is 23.6 Å². The van der Waals surface area contributed by atoms with Crippen LogP contribution in [-0.4, -0.2) is 30.8 Å². The Labute approximate surface area is 104 Å². The minimum Gasteiger partial charge on any atom is -0.378 e. The van der Waals surface area contributed by atoms with Crippen LogP contribution in [0.3, 0.4) is 0 Å². The monoisotopic (exact) mass is 260 g/mol. The minimum atomic E-state index is -1.27. The Kier molecular flexibility index (Phi) is 4.06. The molecule has 0 unspecified atom stereocenters. The van der Waals surface area contributed by atoms with Crippen molar-refractivity contribution in [1.29, 1.82) is 0 Å². The number of ether oxygens (including phenoxy) is 1. The minimum absolute atomic E-state index is 0.121. The Balaban J connectivity index is 2.07. The zero-order valence-corrected chi connectivity index (χ0v) is 10.1. The topological polar surface area (TPSA) is 25.4 Å². The zero-order valence-electron chi connectivity index (χ0n) is 10.1. The van der Waals surface area contributed by atoms with E-state index in [0.717, 1.165) is 12.8 Å². The largest absolute Gasteiger partial charge is 0.378 e. The molecule has 18 heavy (non-hydrogen) atoms. The number of hydrogen-bond donors (Lipinski definition) is 0. The molecule has 2 rings (SSSR count). The summed E-state index contributed by atoms with van der Waals surface area (Å²) in [5.41, 5.74) is 0. The Morgan fingerprint density at radius 1 is 1.28 bits per heavy atom. The number of anilines is 1. The summed E-state index contributed by atoms with van der Waals surface area (Å²) in [6.07, 6.45) is 1.61. The van der Waals surface area contributed by atoms with Crippen molar-refractivity contribution in [3.63, 3.8) is 0 Å². The number of pyridine rings is 1. The van der Waals surface area contributed by atoms with Gasteiger partial charge in [-0.2, -0.15) is 9.37 Å². The zero-order chi connectivity index (χ0) is 13.1. The molecule has 3 nitrogen and oxygen atoms in total. The summed E-state index contributed by atoms with van der Waals surface area (Å²) in [4.78, 5) is 4.95. The number of piperidine rings is 1. The number of rotatable bonds is 3. The van der Waals surface area contributed by atoms with E-state index in [9.17, 15) is 13.2 Å². The van der Waals surface area contributed by atoms with Crippen LogP contribution >= 0.6 is 0 Å². The van der Waals surface area contributed by atoms with Gasteiger partial charge in [-0.05, 0) is 19.8 Å². The first-order valence-corrected chi connectivity index (χ1v) is 6.00.